The van der Waals surface area contributed by atoms with Crippen molar-refractivity contribution in [2.75, 3.05) is 13.1 Å². The monoisotopic (exact) mass is 620 g/mol. The Balaban J connectivity index is 1.47. The fraction of sp³-hybridized carbons (Fsp3) is 0.706. The minimum Gasteiger partial charge on any atom is -0.372 e. The topological polar surface area (TPSA) is 129 Å². The SMILES string of the molecule is C[C@@H]1CN(C2=NC3(CCC(C(C)(C)C)CC3)N([C@H](CCC(C)(C)C)c3ccc(C(=O)NCc4nn[nH]n4)cc3)C2=O)C[C@H](C)O1. The van der Waals surface area contributed by atoms with Crippen LogP contribution in [0.1, 0.15) is 122 Å². The molecular formula is C34H52N8O3. The van der Waals surface area contributed by atoms with Crippen molar-refractivity contribution in [3.8, 4) is 0 Å². The molecule has 1 saturated heterocycles. The van der Waals surface area contributed by atoms with Crippen molar-refractivity contribution < 1.29 is 14.3 Å². The minimum absolute atomic E-state index is 0.0198. The van der Waals surface area contributed by atoms with Gasteiger partial charge in [0.05, 0.1) is 24.8 Å². The number of hydrogen-bond acceptors (Lipinski definition) is 8. The van der Waals surface area contributed by atoms with E-state index in [1.807, 2.05) is 24.3 Å². The van der Waals surface area contributed by atoms with Crippen molar-refractivity contribution in [1.82, 2.24) is 35.7 Å². The van der Waals surface area contributed by atoms with Gasteiger partial charge in [0, 0.05) is 18.7 Å². The molecule has 2 aliphatic heterocycles. The normalized spacial score (nSPS) is 26.7. The largest absolute Gasteiger partial charge is 0.372 e. The van der Waals surface area contributed by atoms with Gasteiger partial charge in [-0.3, -0.25) is 9.59 Å². The van der Waals surface area contributed by atoms with Crippen LogP contribution in [0.25, 0.3) is 0 Å². The first-order valence-electron chi connectivity index (χ1n) is 16.6. The summed E-state index contributed by atoms with van der Waals surface area (Å²) in [5.74, 6) is 1.39. The molecule has 5 rings (SSSR count). The highest BCUT2D eigenvalue weighted by molar-refractivity contribution is 6.39. The van der Waals surface area contributed by atoms with E-state index in [1.54, 1.807) is 0 Å². The Morgan fingerprint density at radius 1 is 1.07 bits per heavy atom. The second kappa shape index (κ2) is 12.8. The van der Waals surface area contributed by atoms with Gasteiger partial charge >= 0.3 is 0 Å². The van der Waals surface area contributed by atoms with Crippen LogP contribution in [-0.4, -0.2) is 79.0 Å². The van der Waals surface area contributed by atoms with Crippen LogP contribution in [-0.2, 0) is 16.1 Å². The molecule has 11 heteroatoms. The third kappa shape index (κ3) is 7.56. The van der Waals surface area contributed by atoms with Crippen LogP contribution in [0.3, 0.4) is 0 Å². The number of ether oxygens (including phenoxy) is 1. The first-order valence-corrected chi connectivity index (χ1v) is 16.6. The van der Waals surface area contributed by atoms with Crippen molar-refractivity contribution in [2.24, 2.45) is 21.7 Å². The molecular weight excluding hydrogens is 568 g/mol. The zero-order chi connectivity index (χ0) is 32.6. The Kier molecular flexibility index (Phi) is 9.40. The molecule has 0 bridgehead atoms. The maximum absolute atomic E-state index is 14.7. The van der Waals surface area contributed by atoms with Crippen molar-refractivity contribution in [1.29, 1.82) is 0 Å². The molecule has 1 aliphatic carbocycles. The molecule has 2 fully saturated rings. The lowest BCUT2D eigenvalue weighted by Gasteiger charge is -2.47. The number of amides is 2. The number of aromatic amines is 1. The number of nitrogens with zero attached hydrogens (tertiary/aromatic N) is 6. The van der Waals surface area contributed by atoms with E-state index in [0.717, 1.165) is 44.1 Å². The maximum Gasteiger partial charge on any atom is 0.291 e. The van der Waals surface area contributed by atoms with E-state index in [0.29, 0.717) is 36.2 Å². The van der Waals surface area contributed by atoms with E-state index in [9.17, 15) is 9.59 Å². The molecule has 1 spiro atoms. The number of tetrazole rings is 1. The molecule has 45 heavy (non-hydrogen) atoms. The van der Waals surface area contributed by atoms with Crippen molar-refractivity contribution in [2.45, 2.75) is 124 Å². The molecule has 11 nitrogen and oxygen atoms in total. The average Bonchev–Trinajstić information content (AvgIpc) is 3.58. The summed E-state index contributed by atoms with van der Waals surface area (Å²) < 4.78 is 6.02. The lowest BCUT2D eigenvalue weighted by molar-refractivity contribution is -0.135. The summed E-state index contributed by atoms with van der Waals surface area (Å²) in [5.41, 5.74) is 1.29. The molecule has 0 radical (unpaired) electrons. The number of hydrogen-bond donors (Lipinski definition) is 2. The fourth-order valence-electron chi connectivity index (χ4n) is 7.27. The van der Waals surface area contributed by atoms with Gasteiger partial charge in [-0.05, 0) is 86.8 Å². The molecule has 1 saturated carbocycles. The van der Waals surface area contributed by atoms with Gasteiger partial charge in [0.1, 0.15) is 5.66 Å². The zero-order valence-corrected chi connectivity index (χ0v) is 28.4. The van der Waals surface area contributed by atoms with E-state index in [-0.39, 0.29) is 47.4 Å². The number of morpholine rings is 1. The number of rotatable bonds is 7. The number of amidine groups is 1. The van der Waals surface area contributed by atoms with Gasteiger partial charge in [-0.15, -0.1) is 10.2 Å². The number of nitrogens with one attached hydrogen (secondary N) is 2. The number of aliphatic imine (C=N–C) groups is 1. The highest BCUT2D eigenvalue weighted by atomic mass is 16.5. The summed E-state index contributed by atoms with van der Waals surface area (Å²) in [6.45, 7) is 19.3. The first kappa shape index (κ1) is 33.0. The van der Waals surface area contributed by atoms with Crippen LogP contribution in [0.15, 0.2) is 29.3 Å². The van der Waals surface area contributed by atoms with Gasteiger partial charge in [-0.2, -0.15) is 5.21 Å². The molecule has 2 aromatic rings. The summed E-state index contributed by atoms with van der Waals surface area (Å²) in [7, 11) is 0. The first-order chi connectivity index (χ1) is 21.1. The Hall–Kier alpha value is -3.34. The van der Waals surface area contributed by atoms with Crippen LogP contribution >= 0.6 is 0 Å². The zero-order valence-electron chi connectivity index (χ0n) is 28.4. The number of benzene rings is 1. The van der Waals surface area contributed by atoms with Gasteiger partial charge in [0.25, 0.3) is 11.8 Å². The van der Waals surface area contributed by atoms with E-state index < -0.39 is 5.66 Å². The van der Waals surface area contributed by atoms with Crippen molar-refractivity contribution >= 4 is 17.6 Å². The molecule has 246 valence electrons. The molecule has 3 heterocycles. The number of H-pyrrole nitrogens is 1. The van der Waals surface area contributed by atoms with Gasteiger partial charge in [0.2, 0.25) is 0 Å². The smallest absolute Gasteiger partial charge is 0.291 e. The van der Waals surface area contributed by atoms with Gasteiger partial charge in [-0.25, -0.2) is 4.99 Å². The van der Waals surface area contributed by atoms with Crippen molar-refractivity contribution in [3.63, 3.8) is 0 Å². The van der Waals surface area contributed by atoms with E-state index in [2.05, 4.69) is 91.1 Å². The Bertz CT molecular complexity index is 1340. The Labute approximate surface area is 267 Å². The third-order valence-corrected chi connectivity index (χ3v) is 9.74. The van der Waals surface area contributed by atoms with E-state index >= 15 is 0 Å². The predicted octanol–water partition coefficient (Wildman–Crippen LogP) is 5.28. The minimum atomic E-state index is -0.581. The van der Waals surface area contributed by atoms with Gasteiger partial charge in [0.15, 0.2) is 11.7 Å². The summed E-state index contributed by atoms with van der Waals surface area (Å²) in [5, 5.41) is 16.6. The molecule has 2 N–H and O–H groups in total. The Morgan fingerprint density at radius 2 is 1.71 bits per heavy atom. The molecule has 1 aromatic carbocycles. The van der Waals surface area contributed by atoms with Crippen LogP contribution < -0.4 is 5.32 Å². The summed E-state index contributed by atoms with van der Waals surface area (Å²) >= 11 is 0. The third-order valence-electron chi connectivity index (χ3n) is 9.74. The quantitative estimate of drug-likeness (QED) is 0.431. The summed E-state index contributed by atoms with van der Waals surface area (Å²) in [4.78, 5) is 37.3. The predicted molar refractivity (Wildman–Crippen MR) is 173 cm³/mol. The molecule has 3 aliphatic rings. The lowest BCUT2D eigenvalue weighted by Crippen LogP contribution is -2.54. The second-order valence-corrected chi connectivity index (χ2v) is 15.6. The molecule has 1 aromatic heterocycles. The van der Waals surface area contributed by atoms with Gasteiger partial charge < -0.3 is 19.9 Å². The summed E-state index contributed by atoms with van der Waals surface area (Å²) in [6, 6.07) is 7.55. The molecule has 0 unspecified atom stereocenters. The van der Waals surface area contributed by atoms with Crippen LogP contribution in [0.2, 0.25) is 0 Å². The van der Waals surface area contributed by atoms with Crippen LogP contribution in [0, 0.1) is 16.7 Å². The summed E-state index contributed by atoms with van der Waals surface area (Å²) in [6.07, 6.45) is 5.57. The molecule has 2 amide bonds. The fourth-order valence-corrected chi connectivity index (χ4v) is 7.27. The highest BCUT2D eigenvalue weighted by Gasteiger charge is 2.54. The van der Waals surface area contributed by atoms with Crippen molar-refractivity contribution in [3.05, 3.63) is 41.2 Å². The maximum atomic E-state index is 14.7. The van der Waals surface area contributed by atoms with Crippen LogP contribution in [0.4, 0.5) is 0 Å². The number of aromatic nitrogens is 4. The van der Waals surface area contributed by atoms with Crippen LogP contribution in [0.5, 0.6) is 0 Å². The average molecular weight is 621 g/mol. The van der Waals surface area contributed by atoms with E-state index in [4.69, 9.17) is 9.73 Å². The van der Waals surface area contributed by atoms with E-state index in [1.165, 1.54) is 0 Å². The lowest BCUT2D eigenvalue weighted by atomic mass is 9.69. The number of carbonyl (C=O) groups is 2. The Morgan fingerprint density at radius 3 is 2.27 bits per heavy atom. The van der Waals surface area contributed by atoms with Gasteiger partial charge in [-0.1, -0.05) is 58.9 Å². The highest BCUT2D eigenvalue weighted by Crippen LogP contribution is 2.50. The standard InChI is InChI=1S/C34H52N8O3/c1-22-20-41(21-23(2)45-22)29-31(44)42(34(36-29)17-13-26(14-18-34)33(6,7)8)27(15-16-32(3,4)5)24-9-11-25(12-10-24)30(43)35-19-28-37-39-40-38-28/h9-12,22-23,26-27H,13-21H2,1-8H3,(H,35,43)(H,37,38,39,40)/t22-,23+,26?,27-,34?/m1/s1. The number of carbonyl (C=O) groups excluding carboxylic acids is 2. The second-order valence-electron chi connectivity index (χ2n) is 15.6. The molecule has 3 atom stereocenters.